The average Bonchev–Trinajstić information content (AvgIpc) is 2.09. The number of nitrogens with one attached hydrogen (secondary N) is 1. The Morgan fingerprint density at radius 2 is 2.31 bits per heavy atom. The van der Waals surface area contributed by atoms with Crippen molar-refractivity contribution in [2.75, 3.05) is 5.32 Å². The predicted octanol–water partition coefficient (Wildman–Crippen LogP) is 2.52. The van der Waals surface area contributed by atoms with Crippen LogP contribution in [-0.4, -0.2) is 5.96 Å². The van der Waals surface area contributed by atoms with Crippen molar-refractivity contribution in [1.82, 2.24) is 0 Å². The van der Waals surface area contributed by atoms with Crippen LogP contribution in [0.2, 0.25) is 5.02 Å². The lowest BCUT2D eigenvalue weighted by atomic mass is 10.3. The number of hydrogen-bond acceptors (Lipinski definition) is 1. The second-order valence-electron chi connectivity index (χ2n) is 2.22. The molecule has 0 bridgehead atoms. The van der Waals surface area contributed by atoms with Crippen LogP contribution in [0.3, 0.4) is 0 Å². The molecule has 3 nitrogen and oxygen atoms in total. The van der Waals surface area contributed by atoms with Crippen LogP contribution in [0, 0.1) is 5.82 Å². The molecular formula is C7H6BrClFN3. The van der Waals surface area contributed by atoms with Crippen molar-refractivity contribution in [3.63, 3.8) is 0 Å². The Bertz CT molecular complexity index is 343. The van der Waals surface area contributed by atoms with E-state index >= 15 is 0 Å². The number of nitrogens with zero attached hydrogens (tertiary/aromatic N) is 1. The number of benzene rings is 1. The Balaban J connectivity index is 2.90. The molecule has 0 aromatic heterocycles. The van der Waals surface area contributed by atoms with Gasteiger partial charge in [-0.05, 0) is 18.2 Å². The molecule has 0 unspecified atom stereocenters. The highest BCUT2D eigenvalue weighted by molar-refractivity contribution is 9.08. The van der Waals surface area contributed by atoms with Crippen LogP contribution in [0.5, 0.6) is 0 Å². The number of guanidine groups is 1. The average molecular weight is 267 g/mol. The van der Waals surface area contributed by atoms with Gasteiger partial charge in [0.1, 0.15) is 5.82 Å². The van der Waals surface area contributed by atoms with E-state index in [0.717, 1.165) is 0 Å². The summed E-state index contributed by atoms with van der Waals surface area (Å²) in [6, 6.07) is 4.21. The van der Waals surface area contributed by atoms with E-state index in [4.69, 9.17) is 17.3 Å². The zero-order valence-corrected chi connectivity index (χ0v) is 8.73. The summed E-state index contributed by atoms with van der Waals surface area (Å²) in [6.07, 6.45) is 0. The van der Waals surface area contributed by atoms with Gasteiger partial charge < -0.3 is 11.1 Å². The van der Waals surface area contributed by atoms with E-state index in [2.05, 4.69) is 25.5 Å². The molecule has 6 heteroatoms. The van der Waals surface area contributed by atoms with Gasteiger partial charge in [-0.15, -0.1) is 0 Å². The minimum atomic E-state index is -0.480. The molecule has 70 valence electrons. The van der Waals surface area contributed by atoms with E-state index in [1.807, 2.05) is 0 Å². The summed E-state index contributed by atoms with van der Waals surface area (Å²) < 4.78 is 16.5. The highest BCUT2D eigenvalue weighted by Crippen LogP contribution is 2.18. The predicted molar refractivity (Wildman–Crippen MR) is 55.6 cm³/mol. The zero-order valence-electron chi connectivity index (χ0n) is 6.39. The lowest BCUT2D eigenvalue weighted by Gasteiger charge is -2.04. The van der Waals surface area contributed by atoms with Gasteiger partial charge in [-0.25, -0.2) is 4.39 Å². The summed E-state index contributed by atoms with van der Waals surface area (Å²) in [5, 5.41) is 2.87. The third-order valence-electron chi connectivity index (χ3n) is 1.28. The summed E-state index contributed by atoms with van der Waals surface area (Å²) in [5.41, 5.74) is 5.53. The van der Waals surface area contributed by atoms with E-state index in [-0.39, 0.29) is 11.6 Å². The quantitative estimate of drug-likeness (QED) is 0.606. The van der Waals surface area contributed by atoms with E-state index < -0.39 is 5.82 Å². The van der Waals surface area contributed by atoms with E-state index in [9.17, 15) is 4.39 Å². The number of anilines is 1. The molecule has 0 radical (unpaired) electrons. The van der Waals surface area contributed by atoms with Crippen LogP contribution < -0.4 is 11.1 Å². The molecule has 1 aromatic rings. The fourth-order valence-electron chi connectivity index (χ4n) is 0.750. The highest BCUT2D eigenvalue weighted by atomic mass is 79.9. The fraction of sp³-hybridized carbons (Fsp3) is 0. The van der Waals surface area contributed by atoms with Crippen LogP contribution in [0.1, 0.15) is 0 Å². The smallest absolute Gasteiger partial charge is 0.205 e. The summed E-state index contributed by atoms with van der Waals surface area (Å²) >= 11 is 8.31. The Labute approximate surface area is 88.1 Å². The fourth-order valence-corrected chi connectivity index (χ4v) is 0.997. The Hall–Kier alpha value is -0.810. The standard InChI is InChI=1S/C7H6BrClFN3/c8-13-7(11)12-6-2-1-4(9)3-5(6)10/h1-3H,(H3,11,12,13). The monoisotopic (exact) mass is 265 g/mol. The number of nitrogens with two attached hydrogens (primary N) is 1. The Morgan fingerprint density at radius 3 is 2.85 bits per heavy atom. The summed E-state index contributed by atoms with van der Waals surface area (Å²) in [4.78, 5) is 0. The maximum Gasteiger partial charge on any atom is 0.205 e. The maximum atomic E-state index is 13.1. The molecule has 13 heavy (non-hydrogen) atoms. The number of halogens is 3. The van der Waals surface area contributed by atoms with Gasteiger partial charge in [0, 0.05) is 5.02 Å². The molecule has 0 saturated heterocycles. The molecule has 0 fully saturated rings. The molecule has 1 aromatic carbocycles. The Kier molecular flexibility index (Phi) is 3.50. The molecule has 0 amide bonds. The van der Waals surface area contributed by atoms with Crippen molar-refractivity contribution < 1.29 is 4.39 Å². The minimum Gasteiger partial charge on any atom is -0.369 e. The van der Waals surface area contributed by atoms with Crippen molar-refractivity contribution >= 4 is 39.4 Å². The summed E-state index contributed by atoms with van der Waals surface area (Å²) in [5.74, 6) is -0.409. The molecule has 0 aliphatic rings. The maximum absolute atomic E-state index is 13.1. The molecule has 0 spiro atoms. The van der Waals surface area contributed by atoms with Gasteiger partial charge in [-0.3, -0.25) is 0 Å². The van der Waals surface area contributed by atoms with Crippen LogP contribution in [0.15, 0.2) is 22.2 Å². The second-order valence-corrected chi connectivity index (χ2v) is 3.01. The summed E-state index contributed by atoms with van der Waals surface area (Å²) in [6.45, 7) is 0. The number of rotatable bonds is 1. The first-order chi connectivity index (χ1) is 6.13. The van der Waals surface area contributed by atoms with Crippen molar-refractivity contribution in [3.05, 3.63) is 29.0 Å². The van der Waals surface area contributed by atoms with Crippen LogP contribution in [-0.2, 0) is 0 Å². The van der Waals surface area contributed by atoms with Gasteiger partial charge in [-0.2, -0.15) is 4.02 Å². The summed E-state index contributed by atoms with van der Waals surface area (Å²) in [7, 11) is 0. The lowest BCUT2D eigenvalue weighted by molar-refractivity contribution is 0.632. The van der Waals surface area contributed by atoms with Gasteiger partial charge in [-0.1, -0.05) is 11.6 Å². The van der Waals surface area contributed by atoms with Crippen LogP contribution >= 0.6 is 27.7 Å². The largest absolute Gasteiger partial charge is 0.369 e. The van der Waals surface area contributed by atoms with Gasteiger partial charge in [0.2, 0.25) is 5.96 Å². The molecule has 0 saturated carbocycles. The number of hydrogen-bond donors (Lipinski definition) is 2. The third-order valence-corrected chi connectivity index (χ3v) is 1.90. The minimum absolute atomic E-state index is 0.0706. The van der Waals surface area contributed by atoms with Gasteiger partial charge >= 0.3 is 0 Å². The van der Waals surface area contributed by atoms with E-state index in [0.29, 0.717) is 5.02 Å². The van der Waals surface area contributed by atoms with Crippen molar-refractivity contribution in [1.29, 1.82) is 0 Å². The van der Waals surface area contributed by atoms with Gasteiger partial charge in [0.05, 0.1) is 21.8 Å². The topological polar surface area (TPSA) is 50.4 Å². The van der Waals surface area contributed by atoms with Crippen molar-refractivity contribution in [3.8, 4) is 0 Å². The van der Waals surface area contributed by atoms with Crippen molar-refractivity contribution in [2.45, 2.75) is 0 Å². The first-order valence-electron chi connectivity index (χ1n) is 3.30. The molecule has 0 heterocycles. The molecule has 1 rings (SSSR count). The van der Waals surface area contributed by atoms with Crippen molar-refractivity contribution in [2.24, 2.45) is 9.75 Å². The SMILES string of the molecule is NC(=NBr)Nc1ccc(Cl)cc1F. The van der Waals surface area contributed by atoms with Gasteiger partial charge in [0.25, 0.3) is 0 Å². The molecular weight excluding hydrogens is 260 g/mol. The van der Waals surface area contributed by atoms with Gasteiger partial charge in [0.15, 0.2) is 0 Å². The molecule has 0 aliphatic carbocycles. The molecule has 0 atom stereocenters. The first kappa shape index (κ1) is 10.3. The molecule has 3 N–H and O–H groups in total. The molecule has 0 aliphatic heterocycles. The normalized spacial score (nSPS) is 11.5. The third kappa shape index (κ3) is 2.86. The van der Waals surface area contributed by atoms with E-state index in [1.165, 1.54) is 12.1 Å². The van der Waals surface area contributed by atoms with Crippen LogP contribution in [0.4, 0.5) is 10.1 Å². The van der Waals surface area contributed by atoms with E-state index in [1.54, 1.807) is 6.07 Å². The Morgan fingerprint density at radius 1 is 1.62 bits per heavy atom. The van der Waals surface area contributed by atoms with Crippen LogP contribution in [0.25, 0.3) is 0 Å². The first-order valence-corrected chi connectivity index (χ1v) is 4.38. The highest BCUT2D eigenvalue weighted by Gasteiger charge is 2.02. The zero-order chi connectivity index (χ0) is 9.84. The lowest BCUT2D eigenvalue weighted by Crippen LogP contribution is -2.21. The second kappa shape index (κ2) is 4.43.